The summed E-state index contributed by atoms with van der Waals surface area (Å²) in [5.41, 5.74) is 13.8. The molecule has 0 fully saturated rings. The number of allylic oxidation sites excluding steroid dienone is 10. The molecule has 1 aliphatic rings. The zero-order chi connectivity index (χ0) is 30.8. The highest BCUT2D eigenvalue weighted by Gasteiger charge is 2.35. The third kappa shape index (κ3) is 7.31. The smallest absolute Gasteiger partial charge is 0.0387 e. The van der Waals surface area contributed by atoms with Crippen molar-refractivity contribution in [1.82, 2.24) is 0 Å². The highest BCUT2D eigenvalue weighted by atomic mass is 14.9. The van der Waals surface area contributed by atoms with Gasteiger partial charge in [0.1, 0.15) is 0 Å². The number of nitrogens with one attached hydrogen (secondary N) is 1. The van der Waals surface area contributed by atoms with Gasteiger partial charge in [0.25, 0.3) is 0 Å². The topological polar surface area (TPSA) is 12.0 Å². The summed E-state index contributed by atoms with van der Waals surface area (Å²) >= 11 is 0. The van der Waals surface area contributed by atoms with Crippen molar-refractivity contribution < 1.29 is 0 Å². The first kappa shape index (κ1) is 31.1. The summed E-state index contributed by atoms with van der Waals surface area (Å²) in [6.45, 7) is 18.2. The molecule has 1 aliphatic carbocycles. The van der Waals surface area contributed by atoms with Crippen LogP contribution in [0.1, 0.15) is 49.9 Å². The second-order valence-electron chi connectivity index (χ2n) is 11.2. The predicted molar refractivity (Wildman–Crippen MR) is 191 cm³/mol. The Morgan fingerprint density at radius 1 is 0.674 bits per heavy atom. The SMILES string of the molecule is C=C/C=C(\C=C/C)c1cccc(-c2ccc(Nc3ccc4c(c3)C(C)(C)c3cc(C)ccc3-4)cc2)c1.C=C/C=C\C=C/C. The van der Waals surface area contributed by atoms with Crippen LogP contribution in [0, 0.1) is 6.92 Å². The molecule has 0 spiro atoms. The van der Waals surface area contributed by atoms with Gasteiger partial charge < -0.3 is 5.32 Å². The van der Waals surface area contributed by atoms with E-state index in [0.717, 1.165) is 16.9 Å². The highest BCUT2D eigenvalue weighted by molar-refractivity contribution is 5.83. The van der Waals surface area contributed by atoms with E-state index in [0.29, 0.717) is 0 Å². The van der Waals surface area contributed by atoms with Crippen LogP contribution in [0.15, 0.2) is 153 Å². The van der Waals surface area contributed by atoms with E-state index < -0.39 is 0 Å². The molecule has 0 aromatic heterocycles. The van der Waals surface area contributed by atoms with E-state index in [4.69, 9.17) is 0 Å². The molecule has 0 unspecified atom stereocenters. The Kier molecular flexibility index (Phi) is 10.4. The zero-order valence-electron chi connectivity index (χ0n) is 26.2. The van der Waals surface area contributed by atoms with Crippen molar-refractivity contribution in [2.24, 2.45) is 0 Å². The van der Waals surface area contributed by atoms with Crippen LogP contribution in [0.5, 0.6) is 0 Å². The average Bonchev–Trinajstić information content (AvgIpc) is 3.23. The van der Waals surface area contributed by atoms with Gasteiger partial charge in [-0.25, -0.2) is 0 Å². The first-order valence-electron chi connectivity index (χ1n) is 14.9. The lowest BCUT2D eigenvalue weighted by Gasteiger charge is -2.22. The molecule has 0 bridgehead atoms. The number of fused-ring (bicyclic) bond motifs is 3. The molecule has 0 amide bonds. The van der Waals surface area contributed by atoms with Crippen LogP contribution in [0.2, 0.25) is 0 Å². The van der Waals surface area contributed by atoms with Crippen LogP contribution < -0.4 is 5.32 Å². The first-order valence-corrected chi connectivity index (χ1v) is 14.9. The van der Waals surface area contributed by atoms with Crippen molar-refractivity contribution in [2.75, 3.05) is 5.32 Å². The van der Waals surface area contributed by atoms with Crippen molar-refractivity contribution in [1.29, 1.82) is 0 Å². The number of rotatable bonds is 8. The third-order valence-electron chi connectivity index (χ3n) is 7.73. The van der Waals surface area contributed by atoms with Gasteiger partial charge in [-0.2, -0.15) is 0 Å². The maximum atomic E-state index is 3.86. The minimum Gasteiger partial charge on any atom is -0.356 e. The average molecular weight is 562 g/mol. The Morgan fingerprint density at radius 2 is 1.37 bits per heavy atom. The van der Waals surface area contributed by atoms with Gasteiger partial charge >= 0.3 is 0 Å². The Labute approximate surface area is 259 Å². The predicted octanol–water partition coefficient (Wildman–Crippen LogP) is 12.2. The van der Waals surface area contributed by atoms with E-state index in [1.807, 2.05) is 50.3 Å². The van der Waals surface area contributed by atoms with Gasteiger partial charge in [-0.1, -0.05) is 142 Å². The molecule has 1 heteroatoms. The molecule has 4 aromatic carbocycles. The van der Waals surface area contributed by atoms with Crippen molar-refractivity contribution in [2.45, 2.75) is 40.0 Å². The van der Waals surface area contributed by atoms with E-state index >= 15 is 0 Å². The van der Waals surface area contributed by atoms with E-state index in [-0.39, 0.29) is 5.41 Å². The lowest BCUT2D eigenvalue weighted by atomic mass is 9.82. The number of hydrogen-bond donors (Lipinski definition) is 1. The standard InChI is InChI=1S/C35H33N.C7H10/c1-6-9-25(10-7-2)27-11-8-12-28(22-27)26-14-16-29(17-15-26)36-30-18-20-32-31-19-13-24(3)21-33(31)35(4,5)34(32)23-30;1-3-5-7-6-4-2/h6-23,36H,1H2,2-5H3;3-7H,1H2,2H3/b10-7-,25-9+;6-4-,7-5-. The van der Waals surface area contributed by atoms with Crippen LogP contribution >= 0.6 is 0 Å². The minimum atomic E-state index is -0.00485. The van der Waals surface area contributed by atoms with Gasteiger partial charge in [0.15, 0.2) is 0 Å². The molecule has 1 N–H and O–H groups in total. The van der Waals surface area contributed by atoms with E-state index in [1.165, 1.54) is 44.5 Å². The molecule has 0 aliphatic heterocycles. The Hall–Kier alpha value is -4.88. The summed E-state index contributed by atoms with van der Waals surface area (Å²) in [5, 5.41) is 3.62. The fraction of sp³-hybridized carbons (Fsp3) is 0.143. The van der Waals surface area contributed by atoms with Crippen molar-refractivity contribution >= 4 is 16.9 Å². The van der Waals surface area contributed by atoms with Gasteiger partial charge in [0, 0.05) is 16.8 Å². The normalized spacial score (nSPS) is 13.5. The fourth-order valence-electron chi connectivity index (χ4n) is 5.53. The van der Waals surface area contributed by atoms with Crippen LogP contribution in [0.4, 0.5) is 11.4 Å². The first-order chi connectivity index (χ1) is 20.8. The monoisotopic (exact) mass is 561 g/mol. The molecule has 0 radical (unpaired) electrons. The lowest BCUT2D eigenvalue weighted by molar-refractivity contribution is 0.660. The molecule has 4 aromatic rings. The Balaban J connectivity index is 0.000000541. The second-order valence-corrected chi connectivity index (χ2v) is 11.2. The van der Waals surface area contributed by atoms with Gasteiger partial charge in [-0.15, -0.1) is 0 Å². The van der Waals surface area contributed by atoms with Crippen LogP contribution in [-0.4, -0.2) is 0 Å². The van der Waals surface area contributed by atoms with Crippen molar-refractivity contribution in [3.8, 4) is 22.3 Å². The largest absolute Gasteiger partial charge is 0.356 e. The molecule has 1 nitrogen and oxygen atoms in total. The quantitative estimate of drug-likeness (QED) is 0.211. The lowest BCUT2D eigenvalue weighted by Crippen LogP contribution is -2.15. The molecule has 216 valence electrons. The summed E-state index contributed by atoms with van der Waals surface area (Å²) in [4.78, 5) is 0. The van der Waals surface area contributed by atoms with Crippen LogP contribution in [0.25, 0.3) is 27.8 Å². The molecule has 0 saturated carbocycles. The van der Waals surface area contributed by atoms with Gasteiger partial charge in [-0.05, 0) is 95.6 Å². The number of hydrogen-bond acceptors (Lipinski definition) is 1. The second kappa shape index (κ2) is 14.3. The third-order valence-corrected chi connectivity index (χ3v) is 7.73. The summed E-state index contributed by atoms with van der Waals surface area (Å²) in [5.74, 6) is 0. The Bertz CT molecular complexity index is 1700. The molecule has 0 heterocycles. The highest BCUT2D eigenvalue weighted by Crippen LogP contribution is 2.49. The van der Waals surface area contributed by atoms with Crippen LogP contribution in [-0.2, 0) is 5.41 Å². The van der Waals surface area contributed by atoms with Gasteiger partial charge in [0.2, 0.25) is 0 Å². The fourth-order valence-corrected chi connectivity index (χ4v) is 5.53. The summed E-state index contributed by atoms with van der Waals surface area (Å²) in [6.07, 6.45) is 17.6. The zero-order valence-corrected chi connectivity index (χ0v) is 26.2. The molecular weight excluding hydrogens is 518 g/mol. The summed E-state index contributed by atoms with van der Waals surface area (Å²) in [6, 6.07) is 30.9. The molecule has 5 rings (SSSR count). The molecule has 0 atom stereocenters. The van der Waals surface area contributed by atoms with Gasteiger partial charge in [-0.3, -0.25) is 0 Å². The number of aryl methyl sites for hydroxylation is 1. The maximum absolute atomic E-state index is 3.86. The van der Waals surface area contributed by atoms with Crippen molar-refractivity contribution in [3.63, 3.8) is 0 Å². The maximum Gasteiger partial charge on any atom is 0.0387 e. The van der Waals surface area contributed by atoms with E-state index in [9.17, 15) is 0 Å². The van der Waals surface area contributed by atoms with E-state index in [1.54, 1.807) is 6.08 Å². The minimum absolute atomic E-state index is 0.00485. The number of benzene rings is 4. The number of anilines is 2. The summed E-state index contributed by atoms with van der Waals surface area (Å²) < 4.78 is 0. The summed E-state index contributed by atoms with van der Waals surface area (Å²) in [7, 11) is 0. The Morgan fingerprint density at radius 3 is 2.05 bits per heavy atom. The molecule has 43 heavy (non-hydrogen) atoms. The molecular formula is C42H43N. The molecule has 0 saturated heterocycles. The van der Waals surface area contributed by atoms with Crippen molar-refractivity contribution in [3.05, 3.63) is 175 Å². The van der Waals surface area contributed by atoms with E-state index in [2.05, 4.69) is 136 Å². The van der Waals surface area contributed by atoms with Crippen LogP contribution in [0.3, 0.4) is 0 Å². The van der Waals surface area contributed by atoms with Gasteiger partial charge in [0.05, 0.1) is 0 Å².